The van der Waals surface area contributed by atoms with E-state index in [1.807, 2.05) is 39.0 Å². The molecule has 30 heavy (non-hydrogen) atoms. The highest BCUT2D eigenvalue weighted by atomic mass is 16.5. The summed E-state index contributed by atoms with van der Waals surface area (Å²) >= 11 is 0. The van der Waals surface area contributed by atoms with Crippen molar-refractivity contribution < 1.29 is 19.3 Å². The average molecular weight is 412 g/mol. The van der Waals surface area contributed by atoms with Crippen molar-refractivity contribution in [3.05, 3.63) is 59.2 Å². The minimum Gasteiger partial charge on any atom is -0.493 e. The molecule has 2 aromatic rings. The molecule has 2 aliphatic rings. The number of hydrogen-bond donors (Lipinski definition) is 1. The number of piperidine rings is 1. The number of hydrogen-bond acceptors (Lipinski definition) is 5. The molecule has 2 aliphatic heterocycles. The minimum atomic E-state index is -0.476. The first-order chi connectivity index (χ1) is 14.3. The van der Waals surface area contributed by atoms with Crippen LogP contribution in [0.25, 0.3) is 0 Å². The molecular weight excluding hydrogens is 378 g/mol. The van der Waals surface area contributed by atoms with Crippen LogP contribution >= 0.6 is 0 Å². The van der Waals surface area contributed by atoms with E-state index in [0.717, 1.165) is 36.6 Å². The largest absolute Gasteiger partial charge is 0.493 e. The van der Waals surface area contributed by atoms with Crippen molar-refractivity contribution in [2.75, 3.05) is 20.2 Å². The number of ether oxygens (including phenoxy) is 3. The van der Waals surface area contributed by atoms with Crippen LogP contribution in [0.2, 0.25) is 0 Å². The Morgan fingerprint density at radius 3 is 2.57 bits per heavy atom. The smallest absolute Gasteiger partial charge is 0.161 e. The predicted octanol–water partition coefficient (Wildman–Crippen LogP) is 4.12. The van der Waals surface area contributed by atoms with Crippen LogP contribution in [0, 0.1) is 0 Å². The molecule has 4 rings (SSSR count). The summed E-state index contributed by atoms with van der Waals surface area (Å²) in [6.07, 6.45) is 0.992. The zero-order valence-electron chi connectivity index (χ0n) is 18.4. The van der Waals surface area contributed by atoms with E-state index in [4.69, 9.17) is 14.2 Å². The molecule has 0 bridgehead atoms. The SMILES string of the molecule is COc1cc2c(cc1OCc1ccccc1)CCN1CC(OC(C)(C)C)C(O)CC21. The van der Waals surface area contributed by atoms with Gasteiger partial charge in [-0.25, -0.2) is 0 Å². The maximum Gasteiger partial charge on any atom is 0.161 e. The van der Waals surface area contributed by atoms with E-state index < -0.39 is 6.10 Å². The first kappa shape index (κ1) is 21.2. The van der Waals surface area contributed by atoms with Crippen molar-refractivity contribution in [3.8, 4) is 11.5 Å². The average Bonchev–Trinajstić information content (AvgIpc) is 2.72. The van der Waals surface area contributed by atoms with Crippen LogP contribution in [0.15, 0.2) is 42.5 Å². The Kier molecular flexibility index (Phi) is 6.05. The van der Waals surface area contributed by atoms with Crippen LogP contribution < -0.4 is 9.47 Å². The summed E-state index contributed by atoms with van der Waals surface area (Å²) in [4.78, 5) is 2.44. The van der Waals surface area contributed by atoms with E-state index >= 15 is 0 Å². The molecule has 0 radical (unpaired) electrons. The van der Waals surface area contributed by atoms with Crippen molar-refractivity contribution in [3.63, 3.8) is 0 Å². The van der Waals surface area contributed by atoms with E-state index in [0.29, 0.717) is 13.0 Å². The number of rotatable bonds is 5. The quantitative estimate of drug-likeness (QED) is 0.802. The second-order valence-electron chi connectivity index (χ2n) is 9.31. The lowest BCUT2D eigenvalue weighted by Gasteiger charge is -2.46. The minimum absolute atomic E-state index is 0.154. The van der Waals surface area contributed by atoms with Gasteiger partial charge in [0.25, 0.3) is 0 Å². The lowest BCUT2D eigenvalue weighted by Crippen LogP contribution is -2.53. The van der Waals surface area contributed by atoms with Crippen molar-refractivity contribution in [1.82, 2.24) is 4.90 Å². The summed E-state index contributed by atoms with van der Waals surface area (Å²) in [5.74, 6) is 1.52. The molecule has 2 heterocycles. The molecular formula is C25H33NO4. The monoisotopic (exact) mass is 411 g/mol. The third kappa shape index (κ3) is 4.64. The van der Waals surface area contributed by atoms with Gasteiger partial charge in [-0.15, -0.1) is 0 Å². The summed E-state index contributed by atoms with van der Waals surface area (Å²) in [5.41, 5.74) is 3.38. The molecule has 1 fully saturated rings. The molecule has 0 spiro atoms. The van der Waals surface area contributed by atoms with E-state index in [1.54, 1.807) is 7.11 Å². The zero-order valence-corrected chi connectivity index (χ0v) is 18.4. The first-order valence-electron chi connectivity index (χ1n) is 10.8. The van der Waals surface area contributed by atoms with Crippen LogP contribution in [0.1, 0.15) is 49.9 Å². The van der Waals surface area contributed by atoms with Gasteiger partial charge in [0.2, 0.25) is 0 Å². The van der Waals surface area contributed by atoms with E-state index in [9.17, 15) is 5.11 Å². The highest BCUT2D eigenvalue weighted by Crippen LogP contribution is 2.42. The fraction of sp³-hybridized carbons (Fsp3) is 0.520. The third-order valence-corrected chi connectivity index (χ3v) is 5.94. The Bertz CT molecular complexity index is 861. The summed E-state index contributed by atoms with van der Waals surface area (Å²) in [5, 5.41) is 10.8. The summed E-state index contributed by atoms with van der Waals surface area (Å²) < 4.78 is 17.9. The summed E-state index contributed by atoms with van der Waals surface area (Å²) in [6.45, 7) is 8.34. The molecule has 2 aromatic carbocycles. The highest BCUT2D eigenvalue weighted by molar-refractivity contribution is 5.50. The van der Waals surface area contributed by atoms with Gasteiger partial charge in [0.15, 0.2) is 11.5 Å². The molecule has 0 aliphatic carbocycles. The predicted molar refractivity (Wildman–Crippen MR) is 117 cm³/mol. The Morgan fingerprint density at radius 1 is 1.10 bits per heavy atom. The molecule has 5 nitrogen and oxygen atoms in total. The fourth-order valence-corrected chi connectivity index (χ4v) is 4.57. The molecule has 162 valence electrons. The lowest BCUT2D eigenvalue weighted by atomic mass is 9.84. The van der Waals surface area contributed by atoms with Crippen LogP contribution in [0.4, 0.5) is 0 Å². The van der Waals surface area contributed by atoms with E-state index in [2.05, 4.69) is 29.2 Å². The number of aliphatic hydroxyl groups is 1. The first-order valence-corrected chi connectivity index (χ1v) is 10.8. The van der Waals surface area contributed by atoms with E-state index in [-0.39, 0.29) is 17.7 Å². The Morgan fingerprint density at radius 2 is 1.87 bits per heavy atom. The molecule has 0 aromatic heterocycles. The molecule has 0 saturated carbocycles. The van der Waals surface area contributed by atoms with Gasteiger partial charge in [0, 0.05) is 19.1 Å². The van der Waals surface area contributed by atoms with Gasteiger partial charge in [-0.1, -0.05) is 30.3 Å². The van der Waals surface area contributed by atoms with Crippen molar-refractivity contribution in [1.29, 1.82) is 0 Å². The van der Waals surface area contributed by atoms with Gasteiger partial charge < -0.3 is 19.3 Å². The molecule has 1 saturated heterocycles. The fourth-order valence-electron chi connectivity index (χ4n) is 4.57. The molecule has 3 atom stereocenters. The standard InChI is InChI=1S/C25H33NO4/c1-25(2,3)30-24-15-26-11-10-18-12-23(29-16-17-8-6-5-7-9-17)22(28-4)13-19(18)20(26)14-21(24)27/h5-9,12-13,20-21,24,27H,10-11,14-16H2,1-4H3. The Labute approximate surface area is 179 Å². The van der Waals surface area contributed by atoms with Gasteiger partial charge >= 0.3 is 0 Å². The second kappa shape index (κ2) is 8.58. The van der Waals surface area contributed by atoms with Crippen LogP contribution in [-0.4, -0.2) is 48.0 Å². The summed E-state index contributed by atoms with van der Waals surface area (Å²) in [7, 11) is 1.68. The van der Waals surface area contributed by atoms with Crippen LogP contribution in [0.5, 0.6) is 11.5 Å². The normalized spacial score (nSPS) is 24.1. The number of aliphatic hydroxyl groups excluding tert-OH is 1. The third-order valence-electron chi connectivity index (χ3n) is 5.94. The molecule has 3 unspecified atom stereocenters. The van der Waals surface area contributed by atoms with Gasteiger partial charge in [-0.2, -0.15) is 0 Å². The number of fused-ring (bicyclic) bond motifs is 3. The number of methoxy groups -OCH3 is 1. The maximum absolute atomic E-state index is 10.8. The Balaban J connectivity index is 1.53. The molecule has 0 amide bonds. The van der Waals surface area contributed by atoms with Crippen molar-refractivity contribution in [2.24, 2.45) is 0 Å². The summed E-state index contributed by atoms with van der Waals surface area (Å²) in [6, 6.07) is 14.6. The van der Waals surface area contributed by atoms with Crippen molar-refractivity contribution >= 4 is 0 Å². The molecule has 1 N–H and O–H groups in total. The highest BCUT2D eigenvalue weighted by Gasteiger charge is 2.40. The van der Waals surface area contributed by atoms with Crippen molar-refractivity contribution in [2.45, 2.75) is 64.1 Å². The van der Waals surface area contributed by atoms with Crippen LogP contribution in [-0.2, 0) is 17.8 Å². The topological polar surface area (TPSA) is 51.2 Å². The van der Waals surface area contributed by atoms with Gasteiger partial charge in [0.1, 0.15) is 6.61 Å². The van der Waals surface area contributed by atoms with E-state index in [1.165, 1.54) is 11.1 Å². The van der Waals surface area contributed by atoms with Crippen LogP contribution in [0.3, 0.4) is 0 Å². The maximum atomic E-state index is 10.8. The van der Waals surface area contributed by atoms with Gasteiger partial charge in [-0.3, -0.25) is 4.90 Å². The van der Waals surface area contributed by atoms with Gasteiger partial charge in [-0.05, 0) is 62.4 Å². The number of benzene rings is 2. The second-order valence-corrected chi connectivity index (χ2v) is 9.31. The number of nitrogens with zero attached hydrogens (tertiary/aromatic N) is 1. The van der Waals surface area contributed by atoms with Gasteiger partial charge in [0.05, 0.1) is 24.9 Å². The lowest BCUT2D eigenvalue weighted by molar-refractivity contribution is -0.149. The Hall–Kier alpha value is -2.08. The molecule has 5 heteroatoms. The zero-order chi connectivity index (χ0) is 21.3.